The van der Waals surface area contributed by atoms with Gasteiger partial charge in [-0.1, -0.05) is 68.7 Å². The maximum atomic E-state index is 13.2. The third kappa shape index (κ3) is 6.51. The van der Waals surface area contributed by atoms with Crippen molar-refractivity contribution in [3.63, 3.8) is 0 Å². The van der Waals surface area contributed by atoms with Crippen LogP contribution in [0.3, 0.4) is 0 Å². The molecule has 1 aliphatic heterocycles. The smallest absolute Gasteiger partial charge is 0.295 e. The van der Waals surface area contributed by atoms with Crippen molar-refractivity contribution in [2.75, 3.05) is 26.2 Å². The summed E-state index contributed by atoms with van der Waals surface area (Å²) in [4.78, 5) is 30.3. The number of amides is 1. The van der Waals surface area contributed by atoms with Gasteiger partial charge in [0.05, 0.1) is 11.6 Å². The van der Waals surface area contributed by atoms with Gasteiger partial charge in [0.2, 0.25) is 0 Å². The average Bonchev–Trinajstić information content (AvgIpc) is 3.10. The zero-order valence-corrected chi connectivity index (χ0v) is 21.2. The summed E-state index contributed by atoms with van der Waals surface area (Å²) >= 11 is 0. The number of hydrogen-bond donors (Lipinski definition) is 2. The lowest BCUT2D eigenvalue weighted by atomic mass is 9.95. The molecule has 0 aliphatic carbocycles. The number of unbranched alkanes of at least 4 members (excludes halogenated alkanes) is 2. The maximum absolute atomic E-state index is 13.2. The Morgan fingerprint density at radius 3 is 2.17 bits per heavy atom. The fourth-order valence-electron chi connectivity index (χ4n) is 4.58. The van der Waals surface area contributed by atoms with Gasteiger partial charge in [-0.25, -0.2) is 0 Å². The van der Waals surface area contributed by atoms with E-state index in [1.54, 1.807) is 41.3 Å². The lowest BCUT2D eigenvalue weighted by molar-refractivity contribution is -0.140. The van der Waals surface area contributed by atoms with Crippen molar-refractivity contribution >= 4 is 17.4 Å². The maximum Gasteiger partial charge on any atom is 0.295 e. The minimum Gasteiger partial charge on any atom is -0.508 e. The molecule has 2 aromatic carbocycles. The van der Waals surface area contributed by atoms with Gasteiger partial charge in [0.15, 0.2) is 0 Å². The van der Waals surface area contributed by atoms with E-state index in [9.17, 15) is 19.8 Å². The van der Waals surface area contributed by atoms with E-state index in [0.29, 0.717) is 17.7 Å². The second-order valence-corrected chi connectivity index (χ2v) is 9.36. The van der Waals surface area contributed by atoms with Crippen molar-refractivity contribution in [1.29, 1.82) is 0 Å². The van der Waals surface area contributed by atoms with Crippen LogP contribution in [0.15, 0.2) is 54.1 Å². The van der Waals surface area contributed by atoms with Crippen LogP contribution in [0.5, 0.6) is 5.75 Å². The van der Waals surface area contributed by atoms with Crippen LogP contribution in [0.1, 0.15) is 68.7 Å². The zero-order chi connectivity index (χ0) is 25.4. The molecular weight excluding hydrogens is 440 g/mol. The Labute approximate surface area is 208 Å². The number of benzene rings is 2. The number of rotatable bonds is 12. The fourth-order valence-corrected chi connectivity index (χ4v) is 4.58. The molecule has 2 N–H and O–H groups in total. The zero-order valence-electron chi connectivity index (χ0n) is 21.2. The minimum atomic E-state index is -0.747. The van der Waals surface area contributed by atoms with Gasteiger partial charge in [-0.2, -0.15) is 0 Å². The molecule has 1 fully saturated rings. The van der Waals surface area contributed by atoms with Crippen LogP contribution in [0.4, 0.5) is 0 Å². The first kappa shape index (κ1) is 26.5. The number of Topliss-reactive ketones (excluding diaryl/α,β-unsaturated/α-hetero) is 1. The molecule has 3 rings (SSSR count). The topological polar surface area (TPSA) is 81.1 Å². The third-order valence-electron chi connectivity index (χ3n) is 6.58. The van der Waals surface area contributed by atoms with Crippen molar-refractivity contribution in [3.05, 3.63) is 70.8 Å². The van der Waals surface area contributed by atoms with Gasteiger partial charge in [0.25, 0.3) is 11.7 Å². The summed E-state index contributed by atoms with van der Waals surface area (Å²) < 4.78 is 0. The SMILES string of the molecule is CCCCN(CCCC)CCCN1C(=O)C(=O)C(=C(O)c2ccc(C)cc2)[C@H]1c1cccc(O)c1. The molecule has 6 nitrogen and oxygen atoms in total. The Kier molecular flexibility index (Phi) is 9.49. The van der Waals surface area contributed by atoms with Crippen LogP contribution in [0.25, 0.3) is 5.76 Å². The number of phenolic OH excluding ortho intramolecular Hbond substituents is 1. The summed E-state index contributed by atoms with van der Waals surface area (Å²) in [5, 5.41) is 21.2. The lowest BCUT2D eigenvalue weighted by Gasteiger charge is -2.27. The van der Waals surface area contributed by atoms with Crippen LogP contribution in [0.2, 0.25) is 0 Å². The molecule has 1 atom stereocenters. The molecule has 1 saturated heterocycles. The number of aromatic hydroxyl groups is 1. The molecule has 2 aromatic rings. The lowest BCUT2D eigenvalue weighted by Crippen LogP contribution is -2.34. The number of aryl methyl sites for hydroxylation is 1. The number of phenols is 1. The predicted molar refractivity (Wildman–Crippen MR) is 139 cm³/mol. The summed E-state index contributed by atoms with van der Waals surface area (Å²) in [6.45, 7) is 9.59. The van der Waals surface area contributed by atoms with Crippen LogP contribution in [-0.4, -0.2) is 57.9 Å². The molecule has 0 unspecified atom stereocenters. The highest BCUT2D eigenvalue weighted by molar-refractivity contribution is 6.46. The van der Waals surface area contributed by atoms with Gasteiger partial charge in [-0.15, -0.1) is 0 Å². The van der Waals surface area contributed by atoms with Crippen molar-refractivity contribution in [2.24, 2.45) is 0 Å². The molecule has 188 valence electrons. The molecule has 0 radical (unpaired) electrons. The van der Waals surface area contributed by atoms with E-state index in [0.717, 1.165) is 57.3 Å². The van der Waals surface area contributed by atoms with E-state index in [2.05, 4.69) is 18.7 Å². The van der Waals surface area contributed by atoms with E-state index < -0.39 is 17.7 Å². The summed E-state index contributed by atoms with van der Waals surface area (Å²) in [5.41, 5.74) is 2.19. The number of likely N-dealkylation sites (tertiary alicyclic amines) is 1. The summed E-state index contributed by atoms with van der Waals surface area (Å²) in [7, 11) is 0. The van der Waals surface area contributed by atoms with E-state index in [-0.39, 0.29) is 17.1 Å². The number of carbonyl (C=O) groups is 2. The first-order valence-electron chi connectivity index (χ1n) is 12.7. The largest absolute Gasteiger partial charge is 0.508 e. The van der Waals surface area contributed by atoms with Gasteiger partial charge in [-0.3, -0.25) is 9.59 Å². The molecule has 0 spiro atoms. The number of aliphatic hydroxyl groups excluding tert-OH is 1. The molecule has 6 heteroatoms. The highest BCUT2D eigenvalue weighted by Crippen LogP contribution is 2.40. The van der Waals surface area contributed by atoms with Crippen LogP contribution in [-0.2, 0) is 9.59 Å². The Hall–Kier alpha value is -3.12. The second kappa shape index (κ2) is 12.5. The first-order valence-corrected chi connectivity index (χ1v) is 12.7. The number of hydrogen-bond acceptors (Lipinski definition) is 5. The van der Waals surface area contributed by atoms with Gasteiger partial charge in [0, 0.05) is 12.1 Å². The molecule has 0 aromatic heterocycles. The Balaban J connectivity index is 1.91. The van der Waals surface area contributed by atoms with Gasteiger partial charge >= 0.3 is 0 Å². The molecule has 0 bridgehead atoms. The molecule has 1 heterocycles. The molecule has 1 aliphatic rings. The number of carbonyl (C=O) groups excluding carboxylic acids is 2. The highest BCUT2D eigenvalue weighted by Gasteiger charge is 2.45. The Morgan fingerprint density at radius 1 is 0.943 bits per heavy atom. The number of aliphatic hydroxyl groups is 1. The number of nitrogens with zero attached hydrogens (tertiary/aromatic N) is 2. The van der Waals surface area contributed by atoms with Gasteiger partial charge < -0.3 is 20.0 Å². The monoisotopic (exact) mass is 478 g/mol. The Morgan fingerprint density at radius 2 is 1.57 bits per heavy atom. The van der Waals surface area contributed by atoms with E-state index in [1.807, 2.05) is 19.1 Å². The summed E-state index contributed by atoms with van der Waals surface area (Å²) in [5.74, 6) is -1.44. The Bertz CT molecular complexity index is 1040. The highest BCUT2D eigenvalue weighted by atomic mass is 16.3. The molecule has 0 saturated carbocycles. The van der Waals surface area contributed by atoms with E-state index >= 15 is 0 Å². The van der Waals surface area contributed by atoms with Crippen molar-refractivity contribution < 1.29 is 19.8 Å². The molecule has 1 amide bonds. The minimum absolute atomic E-state index is 0.0498. The fraction of sp³-hybridized carbons (Fsp3) is 0.448. The van der Waals surface area contributed by atoms with E-state index in [4.69, 9.17) is 0 Å². The second-order valence-electron chi connectivity index (χ2n) is 9.36. The van der Waals surface area contributed by atoms with E-state index in [1.165, 1.54) is 0 Å². The van der Waals surface area contributed by atoms with Gasteiger partial charge in [-0.05, 0) is 63.5 Å². The summed E-state index contributed by atoms with van der Waals surface area (Å²) in [6.07, 6.45) is 5.25. The van der Waals surface area contributed by atoms with Crippen LogP contribution < -0.4 is 0 Å². The standard InChI is InChI=1S/C29H38N2O4/c1-4-6-16-30(17-7-5-2)18-9-19-31-26(23-10-8-11-24(32)20-23)25(28(34)29(31)35)27(33)22-14-12-21(3)13-15-22/h8,10-15,20,26,32-33H,4-7,9,16-19H2,1-3H3/t26-/m1/s1. The van der Waals surface area contributed by atoms with Crippen molar-refractivity contribution in [2.45, 2.75) is 58.9 Å². The predicted octanol–water partition coefficient (Wildman–Crippen LogP) is 5.41. The molecule has 35 heavy (non-hydrogen) atoms. The quantitative estimate of drug-likeness (QED) is 0.242. The van der Waals surface area contributed by atoms with Crippen LogP contribution in [0, 0.1) is 6.92 Å². The first-order chi connectivity index (χ1) is 16.9. The van der Waals surface area contributed by atoms with Crippen molar-refractivity contribution in [3.8, 4) is 5.75 Å². The average molecular weight is 479 g/mol. The molecular formula is C29H38N2O4. The third-order valence-corrected chi connectivity index (χ3v) is 6.58. The number of ketones is 1. The van der Waals surface area contributed by atoms with Crippen LogP contribution >= 0.6 is 0 Å². The van der Waals surface area contributed by atoms with Crippen molar-refractivity contribution in [1.82, 2.24) is 9.80 Å². The van der Waals surface area contributed by atoms with Gasteiger partial charge in [0.1, 0.15) is 11.5 Å². The summed E-state index contributed by atoms with van der Waals surface area (Å²) in [6, 6.07) is 13.0. The normalized spacial score (nSPS) is 17.5.